The first-order valence-corrected chi connectivity index (χ1v) is 10.1. The maximum absolute atomic E-state index is 12.6. The Balaban J connectivity index is 1.54. The fraction of sp³-hybridized carbons (Fsp3) is 0.368. The fourth-order valence-electron chi connectivity index (χ4n) is 3.33. The topological polar surface area (TPSA) is 93.1 Å². The van der Waals surface area contributed by atoms with Crippen LogP contribution in [0.4, 0.5) is 0 Å². The predicted molar refractivity (Wildman–Crippen MR) is 107 cm³/mol. The van der Waals surface area contributed by atoms with Crippen molar-refractivity contribution in [3.63, 3.8) is 0 Å². The molecule has 4 rings (SSSR count). The van der Waals surface area contributed by atoms with Crippen molar-refractivity contribution >= 4 is 28.7 Å². The molecule has 0 spiro atoms. The van der Waals surface area contributed by atoms with Gasteiger partial charge in [-0.25, -0.2) is 9.67 Å². The van der Waals surface area contributed by atoms with Crippen LogP contribution in [0.1, 0.15) is 13.8 Å². The Bertz CT molecular complexity index is 1040. The molecule has 0 aliphatic carbocycles. The van der Waals surface area contributed by atoms with Gasteiger partial charge in [0.15, 0.2) is 10.8 Å². The highest BCUT2D eigenvalue weighted by atomic mass is 32.2. The molecule has 0 bridgehead atoms. The summed E-state index contributed by atoms with van der Waals surface area (Å²) in [5.41, 5.74) is 1.02. The number of aromatic amines is 1. The minimum absolute atomic E-state index is 0.00585. The maximum atomic E-state index is 12.6. The van der Waals surface area contributed by atoms with Crippen molar-refractivity contribution in [2.24, 2.45) is 0 Å². The molecular weight excluding hydrogens is 378 g/mol. The molecule has 0 saturated carbocycles. The molecule has 2 atom stereocenters. The van der Waals surface area contributed by atoms with Gasteiger partial charge >= 0.3 is 0 Å². The molecule has 0 radical (unpaired) electrons. The number of nitrogens with one attached hydrogen (secondary N) is 1. The van der Waals surface area contributed by atoms with E-state index in [1.807, 2.05) is 44.2 Å². The van der Waals surface area contributed by atoms with Crippen molar-refractivity contribution in [3.8, 4) is 5.69 Å². The number of para-hydroxylation sites is 1. The number of amides is 1. The van der Waals surface area contributed by atoms with E-state index in [-0.39, 0.29) is 29.4 Å². The van der Waals surface area contributed by atoms with Crippen LogP contribution in [0.3, 0.4) is 0 Å². The van der Waals surface area contributed by atoms with Gasteiger partial charge in [0.2, 0.25) is 5.91 Å². The van der Waals surface area contributed by atoms with Crippen molar-refractivity contribution in [3.05, 3.63) is 46.9 Å². The maximum Gasteiger partial charge on any atom is 0.262 e. The van der Waals surface area contributed by atoms with Crippen LogP contribution in [0, 0.1) is 0 Å². The quantitative estimate of drug-likeness (QED) is 0.532. The van der Waals surface area contributed by atoms with Gasteiger partial charge in [0.25, 0.3) is 5.56 Å². The van der Waals surface area contributed by atoms with Gasteiger partial charge in [0, 0.05) is 13.1 Å². The summed E-state index contributed by atoms with van der Waals surface area (Å²) in [4.78, 5) is 34.0. The summed E-state index contributed by atoms with van der Waals surface area (Å²) in [5.74, 6) is 0.208. The molecule has 1 N–H and O–H groups in total. The van der Waals surface area contributed by atoms with E-state index >= 15 is 0 Å². The van der Waals surface area contributed by atoms with E-state index in [2.05, 4.69) is 15.1 Å². The molecule has 1 saturated heterocycles. The van der Waals surface area contributed by atoms with Gasteiger partial charge in [-0.05, 0) is 26.0 Å². The molecule has 1 aliphatic heterocycles. The number of thioether (sulfide) groups is 1. The standard InChI is InChI=1S/C19H21N5O3S/c1-12-9-23(10-13(2)27-12)16(25)11-28-19-21-17-15(18(26)22-19)8-20-24(17)14-6-4-3-5-7-14/h3-8,12-13H,9-11H2,1-2H3,(H,21,22,26)/t12-,13-/m0/s1. The molecule has 0 unspecified atom stereocenters. The first-order valence-electron chi connectivity index (χ1n) is 9.11. The molecule has 3 heterocycles. The van der Waals surface area contributed by atoms with Crippen molar-refractivity contribution in [1.29, 1.82) is 0 Å². The summed E-state index contributed by atoms with van der Waals surface area (Å²) in [5, 5.41) is 5.10. The third kappa shape index (κ3) is 3.81. The van der Waals surface area contributed by atoms with E-state index in [0.29, 0.717) is 29.3 Å². The third-order valence-corrected chi connectivity index (χ3v) is 5.38. The van der Waals surface area contributed by atoms with Crippen LogP contribution in [0.5, 0.6) is 0 Å². The van der Waals surface area contributed by atoms with Gasteiger partial charge < -0.3 is 14.6 Å². The Morgan fingerprint density at radius 1 is 1.25 bits per heavy atom. The number of carbonyl (C=O) groups excluding carboxylic acids is 1. The zero-order valence-electron chi connectivity index (χ0n) is 15.7. The van der Waals surface area contributed by atoms with Crippen LogP contribution < -0.4 is 5.56 Å². The van der Waals surface area contributed by atoms with E-state index in [9.17, 15) is 9.59 Å². The lowest BCUT2D eigenvalue weighted by atomic mass is 10.2. The number of H-pyrrole nitrogens is 1. The first-order chi connectivity index (χ1) is 13.5. The van der Waals surface area contributed by atoms with Crippen LogP contribution in [-0.2, 0) is 9.53 Å². The summed E-state index contributed by atoms with van der Waals surface area (Å²) < 4.78 is 7.30. The largest absolute Gasteiger partial charge is 0.372 e. The fourth-order valence-corrected chi connectivity index (χ4v) is 4.09. The Morgan fingerprint density at radius 2 is 1.96 bits per heavy atom. The second-order valence-corrected chi connectivity index (χ2v) is 7.81. The van der Waals surface area contributed by atoms with E-state index < -0.39 is 0 Å². The van der Waals surface area contributed by atoms with E-state index in [0.717, 1.165) is 5.69 Å². The highest BCUT2D eigenvalue weighted by Gasteiger charge is 2.26. The number of carbonyl (C=O) groups is 1. The molecule has 1 amide bonds. The molecule has 3 aromatic rings. The van der Waals surface area contributed by atoms with Crippen molar-refractivity contribution in [1.82, 2.24) is 24.6 Å². The minimum Gasteiger partial charge on any atom is -0.372 e. The Hall–Kier alpha value is -2.65. The smallest absolute Gasteiger partial charge is 0.262 e. The van der Waals surface area contributed by atoms with Crippen molar-refractivity contribution in [2.45, 2.75) is 31.2 Å². The van der Waals surface area contributed by atoms with Gasteiger partial charge in [0.1, 0.15) is 5.39 Å². The summed E-state index contributed by atoms with van der Waals surface area (Å²) in [7, 11) is 0. The Labute approximate surface area is 165 Å². The summed E-state index contributed by atoms with van der Waals surface area (Å²) in [6.45, 7) is 5.07. The van der Waals surface area contributed by atoms with Gasteiger partial charge in [-0.2, -0.15) is 5.10 Å². The number of aromatic nitrogens is 4. The van der Waals surface area contributed by atoms with E-state index in [1.165, 1.54) is 18.0 Å². The van der Waals surface area contributed by atoms with Crippen LogP contribution in [0.25, 0.3) is 16.7 Å². The van der Waals surface area contributed by atoms with Gasteiger partial charge in [0.05, 0.1) is 29.8 Å². The average Bonchev–Trinajstić information content (AvgIpc) is 3.10. The number of ether oxygens (including phenoxy) is 1. The number of morpholine rings is 1. The monoisotopic (exact) mass is 399 g/mol. The lowest BCUT2D eigenvalue weighted by Crippen LogP contribution is -2.48. The zero-order valence-corrected chi connectivity index (χ0v) is 16.5. The summed E-state index contributed by atoms with van der Waals surface area (Å²) in [6, 6.07) is 9.50. The highest BCUT2D eigenvalue weighted by Crippen LogP contribution is 2.19. The Kier molecular flexibility index (Phi) is 5.19. The van der Waals surface area contributed by atoms with Crippen LogP contribution in [0.15, 0.2) is 46.5 Å². The van der Waals surface area contributed by atoms with Crippen LogP contribution in [-0.4, -0.2) is 61.6 Å². The summed E-state index contributed by atoms with van der Waals surface area (Å²) >= 11 is 1.22. The van der Waals surface area contributed by atoms with Gasteiger partial charge in [-0.1, -0.05) is 30.0 Å². The second-order valence-electron chi connectivity index (χ2n) is 6.84. The first kappa shape index (κ1) is 18.7. The van der Waals surface area contributed by atoms with Gasteiger partial charge in [-0.15, -0.1) is 0 Å². The molecule has 1 aromatic carbocycles. The molecule has 1 aliphatic rings. The number of hydrogen-bond acceptors (Lipinski definition) is 6. The average molecular weight is 399 g/mol. The SMILES string of the molecule is C[C@H]1CN(C(=O)CSc2nc3c(cnn3-c3ccccc3)c(=O)[nH]2)C[C@H](C)O1. The third-order valence-electron chi connectivity index (χ3n) is 4.52. The van der Waals surface area contributed by atoms with Gasteiger partial charge in [-0.3, -0.25) is 9.59 Å². The predicted octanol–water partition coefficient (Wildman–Crippen LogP) is 1.84. The molecule has 9 heteroatoms. The molecular formula is C19H21N5O3S. The lowest BCUT2D eigenvalue weighted by Gasteiger charge is -2.35. The molecule has 1 fully saturated rings. The van der Waals surface area contributed by atoms with E-state index in [1.54, 1.807) is 9.58 Å². The number of rotatable bonds is 4. The minimum atomic E-state index is -0.268. The molecule has 146 valence electrons. The van der Waals surface area contributed by atoms with Crippen molar-refractivity contribution < 1.29 is 9.53 Å². The highest BCUT2D eigenvalue weighted by molar-refractivity contribution is 7.99. The number of benzene rings is 1. The number of fused-ring (bicyclic) bond motifs is 1. The normalized spacial score (nSPS) is 19.9. The summed E-state index contributed by atoms with van der Waals surface area (Å²) in [6.07, 6.45) is 1.55. The van der Waals surface area contributed by atoms with Crippen molar-refractivity contribution in [2.75, 3.05) is 18.8 Å². The number of nitrogens with zero attached hydrogens (tertiary/aromatic N) is 4. The molecule has 8 nitrogen and oxygen atoms in total. The van der Waals surface area contributed by atoms with Crippen LogP contribution in [0.2, 0.25) is 0 Å². The second kappa shape index (κ2) is 7.76. The van der Waals surface area contributed by atoms with E-state index in [4.69, 9.17) is 4.74 Å². The zero-order chi connectivity index (χ0) is 19.7. The lowest BCUT2D eigenvalue weighted by molar-refractivity contribution is -0.140. The Morgan fingerprint density at radius 3 is 2.68 bits per heavy atom. The number of hydrogen-bond donors (Lipinski definition) is 1. The molecule has 2 aromatic heterocycles. The molecule has 28 heavy (non-hydrogen) atoms. The van der Waals surface area contributed by atoms with Crippen LogP contribution >= 0.6 is 11.8 Å².